The summed E-state index contributed by atoms with van der Waals surface area (Å²) in [6.07, 6.45) is 70.5. The summed E-state index contributed by atoms with van der Waals surface area (Å²) in [6, 6.07) is -0.827. The van der Waals surface area contributed by atoms with Gasteiger partial charge in [-0.3, -0.25) is 4.79 Å². The Morgan fingerprint density at radius 3 is 1.20 bits per heavy atom. The Morgan fingerprint density at radius 2 is 0.789 bits per heavy atom. The van der Waals surface area contributed by atoms with Gasteiger partial charge in [0.25, 0.3) is 0 Å². The number of ether oxygens (including phenoxy) is 2. The molecule has 1 aliphatic heterocycles. The fourth-order valence-electron chi connectivity index (χ4n) is 10.2. The van der Waals surface area contributed by atoms with Crippen molar-refractivity contribution in [3.05, 3.63) is 60.8 Å². The van der Waals surface area contributed by atoms with E-state index in [-0.39, 0.29) is 12.5 Å². The van der Waals surface area contributed by atoms with Crippen LogP contribution in [0.1, 0.15) is 303 Å². The third kappa shape index (κ3) is 44.7. The van der Waals surface area contributed by atoms with Crippen molar-refractivity contribution < 1.29 is 39.8 Å². The van der Waals surface area contributed by atoms with E-state index < -0.39 is 49.5 Å². The highest BCUT2D eigenvalue weighted by molar-refractivity contribution is 5.76. The number of allylic oxidation sites excluding steroid dienone is 9. The van der Waals surface area contributed by atoms with Crippen molar-refractivity contribution in [2.45, 2.75) is 346 Å². The number of amides is 1. The minimum Gasteiger partial charge on any atom is -0.394 e. The van der Waals surface area contributed by atoms with E-state index in [1.807, 2.05) is 6.08 Å². The number of aliphatic hydroxyl groups excluding tert-OH is 5. The number of hydrogen-bond acceptors (Lipinski definition) is 8. The second kappa shape index (κ2) is 56.2. The van der Waals surface area contributed by atoms with E-state index >= 15 is 0 Å². The zero-order valence-electron chi connectivity index (χ0n) is 49.5. The van der Waals surface area contributed by atoms with Gasteiger partial charge in [-0.1, -0.05) is 280 Å². The maximum absolute atomic E-state index is 13.1. The van der Waals surface area contributed by atoms with Crippen LogP contribution >= 0.6 is 0 Å². The standard InChI is InChI=1S/C67H123NO8/c1-3-5-7-9-11-13-15-17-19-20-21-22-23-24-25-26-27-28-29-30-31-32-33-34-35-36-37-38-39-40-41-42-43-45-47-49-51-53-55-57-63(71)68-60(59-75-67-66(74)65(73)64(72)62(58-69)76-67)61(70)56-54-52-50-48-46-44-18-16-14-12-10-8-6-4-2/h14-17,20-21,46,48,54,56,60-62,64-67,69-70,72-74H,3-13,18-19,22-45,47,49-53,55,57-59H2,1-2H3,(H,68,71)/b16-14+,17-15-,21-20-,48-46+,56-54+. The Kier molecular flexibility index (Phi) is 53.1. The normalized spacial score (nSPS) is 19.2. The Morgan fingerprint density at radius 1 is 0.447 bits per heavy atom. The van der Waals surface area contributed by atoms with Crippen molar-refractivity contribution in [1.82, 2.24) is 5.32 Å². The van der Waals surface area contributed by atoms with E-state index in [4.69, 9.17) is 9.47 Å². The van der Waals surface area contributed by atoms with Gasteiger partial charge in [-0.2, -0.15) is 0 Å². The molecule has 0 spiro atoms. The molecule has 7 atom stereocenters. The van der Waals surface area contributed by atoms with Crippen LogP contribution in [0.3, 0.4) is 0 Å². The molecule has 7 unspecified atom stereocenters. The van der Waals surface area contributed by atoms with E-state index in [9.17, 15) is 30.3 Å². The summed E-state index contributed by atoms with van der Waals surface area (Å²) < 4.78 is 11.2. The highest BCUT2D eigenvalue weighted by atomic mass is 16.7. The van der Waals surface area contributed by atoms with Gasteiger partial charge in [0.05, 0.1) is 25.4 Å². The van der Waals surface area contributed by atoms with Gasteiger partial charge in [-0.25, -0.2) is 0 Å². The summed E-state index contributed by atoms with van der Waals surface area (Å²) in [4.78, 5) is 13.1. The van der Waals surface area contributed by atoms with Crippen molar-refractivity contribution in [3.8, 4) is 0 Å². The van der Waals surface area contributed by atoms with Crippen LogP contribution in [0.5, 0.6) is 0 Å². The van der Waals surface area contributed by atoms with Crippen LogP contribution in [0.15, 0.2) is 60.8 Å². The third-order valence-corrected chi connectivity index (χ3v) is 15.3. The number of carbonyl (C=O) groups excluding carboxylic acids is 1. The lowest BCUT2D eigenvalue weighted by Gasteiger charge is -2.40. The van der Waals surface area contributed by atoms with Crippen molar-refractivity contribution in [2.75, 3.05) is 13.2 Å². The van der Waals surface area contributed by atoms with Gasteiger partial charge in [-0.15, -0.1) is 0 Å². The highest BCUT2D eigenvalue weighted by Crippen LogP contribution is 2.23. The molecular formula is C67H123NO8. The average molecular weight is 1070 g/mol. The van der Waals surface area contributed by atoms with Gasteiger partial charge in [0.1, 0.15) is 24.4 Å². The summed E-state index contributed by atoms with van der Waals surface area (Å²) in [5.74, 6) is -0.188. The summed E-state index contributed by atoms with van der Waals surface area (Å²) >= 11 is 0. The van der Waals surface area contributed by atoms with Crippen molar-refractivity contribution in [2.24, 2.45) is 0 Å². The molecule has 9 nitrogen and oxygen atoms in total. The van der Waals surface area contributed by atoms with Crippen LogP contribution in [0, 0.1) is 0 Å². The van der Waals surface area contributed by atoms with Crippen molar-refractivity contribution in [1.29, 1.82) is 0 Å². The number of rotatable bonds is 56. The average Bonchev–Trinajstić information content (AvgIpc) is 3.42. The van der Waals surface area contributed by atoms with E-state index in [0.29, 0.717) is 6.42 Å². The lowest BCUT2D eigenvalue weighted by Crippen LogP contribution is -2.60. The molecule has 1 heterocycles. The van der Waals surface area contributed by atoms with Crippen LogP contribution in [0.2, 0.25) is 0 Å². The fourth-order valence-corrected chi connectivity index (χ4v) is 10.2. The lowest BCUT2D eigenvalue weighted by molar-refractivity contribution is -0.302. The molecule has 0 bridgehead atoms. The molecule has 1 saturated heterocycles. The van der Waals surface area contributed by atoms with Gasteiger partial charge in [0.2, 0.25) is 5.91 Å². The number of carbonyl (C=O) groups is 1. The number of hydrogen-bond donors (Lipinski definition) is 6. The van der Waals surface area contributed by atoms with E-state index in [1.165, 1.54) is 225 Å². The smallest absolute Gasteiger partial charge is 0.220 e. The Labute approximate surface area is 468 Å². The second-order valence-corrected chi connectivity index (χ2v) is 22.5. The maximum Gasteiger partial charge on any atom is 0.220 e. The molecule has 1 fully saturated rings. The molecule has 0 saturated carbocycles. The molecule has 0 aromatic rings. The molecule has 1 aliphatic rings. The summed E-state index contributed by atoms with van der Waals surface area (Å²) in [5, 5.41) is 54.4. The predicted octanol–water partition coefficient (Wildman–Crippen LogP) is 17.0. The van der Waals surface area contributed by atoms with Crippen molar-refractivity contribution in [3.63, 3.8) is 0 Å². The van der Waals surface area contributed by atoms with Crippen LogP contribution in [0.4, 0.5) is 0 Å². The zero-order chi connectivity index (χ0) is 55.0. The first-order chi connectivity index (χ1) is 37.3. The second-order valence-electron chi connectivity index (χ2n) is 22.5. The van der Waals surface area contributed by atoms with Gasteiger partial charge in [-0.05, 0) is 77.0 Å². The highest BCUT2D eigenvalue weighted by Gasteiger charge is 2.44. The Balaban J connectivity index is 2.04. The molecule has 6 N–H and O–H groups in total. The molecule has 0 radical (unpaired) electrons. The molecule has 1 rings (SSSR count). The molecular weight excluding hydrogens is 947 g/mol. The first kappa shape index (κ1) is 71.9. The Hall–Kier alpha value is -2.11. The fraction of sp³-hybridized carbons (Fsp3) is 0.836. The summed E-state index contributed by atoms with van der Waals surface area (Å²) in [6.45, 7) is 3.74. The molecule has 0 aromatic carbocycles. The quantitative estimate of drug-likeness (QED) is 0.0261. The molecule has 76 heavy (non-hydrogen) atoms. The zero-order valence-corrected chi connectivity index (χ0v) is 49.5. The summed E-state index contributed by atoms with van der Waals surface area (Å²) in [5.41, 5.74) is 0. The molecule has 0 aromatic heterocycles. The SMILES string of the molecule is CCCCCC/C=C/CC/C=C/CC/C=C/C(O)C(COC1OC(CO)C(O)C(O)C1O)NC(=O)CCCCCCCCCCCCCCCCCCCCCCCCCCCCC/C=C\C/C=C\CCCCCCC. The summed E-state index contributed by atoms with van der Waals surface area (Å²) in [7, 11) is 0. The molecule has 1 amide bonds. The van der Waals surface area contributed by atoms with Crippen molar-refractivity contribution >= 4 is 5.91 Å². The first-order valence-corrected chi connectivity index (χ1v) is 32.5. The number of nitrogens with one attached hydrogen (secondary N) is 1. The minimum absolute atomic E-state index is 0.188. The molecule has 0 aliphatic carbocycles. The van der Waals surface area contributed by atoms with Gasteiger partial charge >= 0.3 is 0 Å². The maximum atomic E-state index is 13.1. The topological polar surface area (TPSA) is 149 Å². The number of aliphatic hydroxyl groups is 5. The predicted molar refractivity (Wildman–Crippen MR) is 322 cm³/mol. The van der Waals surface area contributed by atoms with E-state index in [1.54, 1.807) is 6.08 Å². The van der Waals surface area contributed by atoms with Crippen LogP contribution in [-0.4, -0.2) is 87.5 Å². The third-order valence-electron chi connectivity index (χ3n) is 15.3. The van der Waals surface area contributed by atoms with Gasteiger partial charge in [0.15, 0.2) is 6.29 Å². The largest absolute Gasteiger partial charge is 0.394 e. The van der Waals surface area contributed by atoms with E-state index in [2.05, 4.69) is 67.8 Å². The number of unbranched alkanes of at least 4 members (excludes halogenated alkanes) is 38. The van der Waals surface area contributed by atoms with Gasteiger partial charge in [0, 0.05) is 6.42 Å². The lowest BCUT2D eigenvalue weighted by atomic mass is 9.99. The molecule has 444 valence electrons. The monoisotopic (exact) mass is 1070 g/mol. The Bertz CT molecular complexity index is 1380. The first-order valence-electron chi connectivity index (χ1n) is 32.5. The van der Waals surface area contributed by atoms with Crippen LogP contribution in [0.25, 0.3) is 0 Å². The van der Waals surface area contributed by atoms with Gasteiger partial charge < -0.3 is 40.3 Å². The molecule has 9 heteroatoms. The van der Waals surface area contributed by atoms with E-state index in [0.717, 1.165) is 57.8 Å². The minimum atomic E-state index is -1.57. The van der Waals surface area contributed by atoms with Crippen LogP contribution in [-0.2, 0) is 14.3 Å². The van der Waals surface area contributed by atoms with Crippen LogP contribution < -0.4 is 5.32 Å².